The van der Waals surface area contributed by atoms with Crippen LogP contribution in [0.4, 0.5) is 0 Å². The number of hydrogen-bond acceptors (Lipinski definition) is 5. The zero-order valence-electron chi connectivity index (χ0n) is 14.5. The van der Waals surface area contributed by atoms with Gasteiger partial charge in [-0.2, -0.15) is 10.2 Å². The fraction of sp³-hybridized carbons (Fsp3) is 0.421. The van der Waals surface area contributed by atoms with E-state index in [0.717, 1.165) is 31.4 Å². The van der Waals surface area contributed by atoms with Gasteiger partial charge in [0.2, 0.25) is 5.91 Å². The smallest absolute Gasteiger partial charge is 0.255 e. The van der Waals surface area contributed by atoms with Gasteiger partial charge in [-0.05, 0) is 37.0 Å². The molecule has 2 aliphatic heterocycles. The fourth-order valence-electron chi connectivity index (χ4n) is 3.96. The summed E-state index contributed by atoms with van der Waals surface area (Å²) in [6, 6.07) is 5.56. The lowest BCUT2D eigenvalue weighted by atomic mass is 9.77. The molecule has 7 heteroatoms. The molecule has 0 aliphatic carbocycles. The van der Waals surface area contributed by atoms with E-state index in [4.69, 9.17) is 0 Å². The number of pyridine rings is 1. The van der Waals surface area contributed by atoms with Gasteiger partial charge in [-0.25, -0.2) is 0 Å². The molecule has 0 aromatic carbocycles. The summed E-state index contributed by atoms with van der Waals surface area (Å²) in [6.45, 7) is 2.59. The van der Waals surface area contributed by atoms with Gasteiger partial charge in [-0.3, -0.25) is 14.6 Å². The first kappa shape index (κ1) is 16.6. The summed E-state index contributed by atoms with van der Waals surface area (Å²) in [5.74, 6) is 0.187. The van der Waals surface area contributed by atoms with Gasteiger partial charge in [0.15, 0.2) is 0 Å². The molecular formula is C19H21N5O2. The van der Waals surface area contributed by atoms with E-state index in [1.807, 2.05) is 28.1 Å². The van der Waals surface area contributed by atoms with Crippen molar-refractivity contribution >= 4 is 11.8 Å². The lowest BCUT2D eigenvalue weighted by Gasteiger charge is -2.38. The third-order valence-electron chi connectivity index (χ3n) is 5.54. The molecule has 0 radical (unpaired) electrons. The van der Waals surface area contributed by atoms with Crippen LogP contribution in [0.1, 0.15) is 35.2 Å². The highest BCUT2D eigenvalue weighted by Crippen LogP contribution is 2.42. The van der Waals surface area contributed by atoms with Crippen LogP contribution in [-0.4, -0.2) is 56.4 Å². The van der Waals surface area contributed by atoms with E-state index < -0.39 is 0 Å². The largest absolute Gasteiger partial charge is 0.339 e. The molecule has 134 valence electrons. The molecule has 0 bridgehead atoms. The molecule has 2 aromatic heterocycles. The average Bonchev–Trinajstić information content (AvgIpc) is 2.99. The van der Waals surface area contributed by atoms with Gasteiger partial charge in [0.1, 0.15) is 0 Å². The monoisotopic (exact) mass is 351 g/mol. The molecule has 2 fully saturated rings. The van der Waals surface area contributed by atoms with E-state index in [-0.39, 0.29) is 17.2 Å². The van der Waals surface area contributed by atoms with E-state index in [1.54, 1.807) is 12.3 Å². The number of aromatic nitrogens is 3. The number of carbonyl (C=O) groups excluding carboxylic acids is 2. The Morgan fingerprint density at radius 3 is 2.54 bits per heavy atom. The van der Waals surface area contributed by atoms with Gasteiger partial charge in [0.05, 0.1) is 23.4 Å². The Labute approximate surface area is 152 Å². The second kappa shape index (κ2) is 6.82. The van der Waals surface area contributed by atoms with Crippen molar-refractivity contribution < 1.29 is 9.59 Å². The van der Waals surface area contributed by atoms with Crippen LogP contribution in [0.25, 0.3) is 0 Å². The first-order valence-corrected chi connectivity index (χ1v) is 8.92. The van der Waals surface area contributed by atoms with E-state index in [0.29, 0.717) is 25.2 Å². The van der Waals surface area contributed by atoms with Crippen LogP contribution >= 0.6 is 0 Å². The Morgan fingerprint density at radius 2 is 1.85 bits per heavy atom. The summed E-state index contributed by atoms with van der Waals surface area (Å²) in [5.41, 5.74) is 1.29. The van der Waals surface area contributed by atoms with Crippen LogP contribution in [0.2, 0.25) is 0 Å². The van der Waals surface area contributed by atoms with Crippen LogP contribution in [0, 0.1) is 5.41 Å². The molecule has 2 saturated heterocycles. The molecule has 0 unspecified atom stereocenters. The van der Waals surface area contributed by atoms with Gasteiger partial charge in [0.25, 0.3) is 5.91 Å². The summed E-state index contributed by atoms with van der Waals surface area (Å²) in [5, 5.41) is 7.48. The molecular weight excluding hydrogens is 330 g/mol. The predicted octanol–water partition coefficient (Wildman–Crippen LogP) is 1.53. The topological polar surface area (TPSA) is 79.3 Å². The quantitative estimate of drug-likeness (QED) is 0.838. The molecule has 0 saturated carbocycles. The van der Waals surface area contributed by atoms with Gasteiger partial charge < -0.3 is 9.80 Å². The molecule has 2 amide bonds. The zero-order chi connectivity index (χ0) is 18.0. The number of nitrogens with zero attached hydrogens (tertiary/aromatic N) is 5. The maximum atomic E-state index is 13.0. The second-order valence-corrected chi connectivity index (χ2v) is 7.04. The standard InChI is InChI=1S/C19H21N5O2/c25-17(16-3-8-21-22-13-16)23-9-4-19(5-10-23)6-11-24(18(19)26)14-15-2-1-7-20-12-15/h1-3,7-8,12-13H,4-6,9-11,14H2. The number of likely N-dealkylation sites (tertiary alicyclic amines) is 2. The minimum atomic E-state index is -0.310. The van der Waals surface area contributed by atoms with E-state index in [9.17, 15) is 9.59 Å². The van der Waals surface area contributed by atoms with Crippen molar-refractivity contribution in [3.8, 4) is 0 Å². The van der Waals surface area contributed by atoms with E-state index in [1.165, 1.54) is 12.4 Å². The van der Waals surface area contributed by atoms with Crippen LogP contribution in [-0.2, 0) is 11.3 Å². The molecule has 0 N–H and O–H groups in total. The van der Waals surface area contributed by atoms with Gasteiger partial charge in [-0.1, -0.05) is 6.07 Å². The van der Waals surface area contributed by atoms with Crippen molar-refractivity contribution in [2.75, 3.05) is 19.6 Å². The SMILES string of the molecule is O=C(c1ccnnc1)N1CCC2(CC1)CCN(Cc1cccnc1)C2=O. The molecule has 7 nitrogen and oxygen atoms in total. The van der Waals surface area contributed by atoms with Gasteiger partial charge in [-0.15, -0.1) is 0 Å². The highest BCUT2D eigenvalue weighted by atomic mass is 16.2. The predicted molar refractivity (Wildman–Crippen MR) is 93.9 cm³/mol. The number of amides is 2. The highest BCUT2D eigenvalue weighted by Gasteiger charge is 2.48. The molecule has 4 heterocycles. The third kappa shape index (κ3) is 3.05. The third-order valence-corrected chi connectivity index (χ3v) is 5.54. The number of hydrogen-bond donors (Lipinski definition) is 0. The van der Waals surface area contributed by atoms with Crippen LogP contribution in [0.15, 0.2) is 43.0 Å². The molecule has 0 atom stereocenters. The summed E-state index contributed by atoms with van der Waals surface area (Å²) in [4.78, 5) is 33.4. The van der Waals surface area contributed by atoms with Crippen LogP contribution in [0.5, 0.6) is 0 Å². The maximum Gasteiger partial charge on any atom is 0.255 e. The Hall–Kier alpha value is -2.83. The van der Waals surface area contributed by atoms with Crippen LogP contribution < -0.4 is 0 Å². The van der Waals surface area contributed by atoms with Gasteiger partial charge >= 0.3 is 0 Å². The number of rotatable bonds is 3. The van der Waals surface area contributed by atoms with E-state index >= 15 is 0 Å². The van der Waals surface area contributed by atoms with Crippen LogP contribution in [0.3, 0.4) is 0 Å². The summed E-state index contributed by atoms with van der Waals surface area (Å²) >= 11 is 0. The van der Waals surface area contributed by atoms with E-state index in [2.05, 4.69) is 15.2 Å². The molecule has 1 spiro atoms. The Morgan fingerprint density at radius 1 is 1.04 bits per heavy atom. The van der Waals surface area contributed by atoms with Crippen molar-refractivity contribution in [1.29, 1.82) is 0 Å². The van der Waals surface area contributed by atoms with Crippen molar-refractivity contribution in [1.82, 2.24) is 25.0 Å². The normalized spacial score (nSPS) is 19.2. The lowest BCUT2D eigenvalue weighted by molar-refractivity contribution is -0.138. The average molecular weight is 351 g/mol. The second-order valence-electron chi connectivity index (χ2n) is 7.04. The summed E-state index contributed by atoms with van der Waals surface area (Å²) < 4.78 is 0. The van der Waals surface area contributed by atoms with Crippen molar-refractivity contribution in [2.45, 2.75) is 25.8 Å². The minimum Gasteiger partial charge on any atom is -0.339 e. The Balaban J connectivity index is 1.39. The molecule has 2 aliphatic rings. The van der Waals surface area contributed by atoms with Crippen molar-refractivity contribution in [3.05, 3.63) is 54.1 Å². The molecule has 4 rings (SSSR count). The molecule has 2 aromatic rings. The highest BCUT2D eigenvalue weighted by molar-refractivity contribution is 5.94. The first-order chi connectivity index (χ1) is 12.7. The number of piperidine rings is 1. The van der Waals surface area contributed by atoms with Crippen molar-refractivity contribution in [3.63, 3.8) is 0 Å². The lowest BCUT2D eigenvalue weighted by Crippen LogP contribution is -2.46. The fourth-order valence-corrected chi connectivity index (χ4v) is 3.96. The zero-order valence-corrected chi connectivity index (χ0v) is 14.5. The number of carbonyl (C=O) groups is 2. The molecule has 26 heavy (non-hydrogen) atoms. The summed E-state index contributed by atoms with van der Waals surface area (Å²) in [7, 11) is 0. The Kier molecular flexibility index (Phi) is 4.36. The Bertz CT molecular complexity index is 788. The first-order valence-electron chi connectivity index (χ1n) is 8.92. The summed E-state index contributed by atoms with van der Waals surface area (Å²) in [6.07, 6.45) is 8.87. The maximum absolute atomic E-state index is 13.0. The van der Waals surface area contributed by atoms with Crippen molar-refractivity contribution in [2.24, 2.45) is 5.41 Å². The minimum absolute atomic E-state index is 0.0348. The van der Waals surface area contributed by atoms with Gasteiger partial charge in [0, 0.05) is 38.6 Å².